The lowest BCUT2D eigenvalue weighted by Gasteiger charge is -2.15. The maximum Gasteiger partial charge on any atom is 0.308 e. The van der Waals surface area contributed by atoms with Crippen molar-refractivity contribution in [2.45, 2.75) is 46.8 Å². The van der Waals surface area contributed by atoms with Gasteiger partial charge in [0.2, 0.25) is 0 Å². The third-order valence-electron chi connectivity index (χ3n) is 3.41. The van der Waals surface area contributed by atoms with Crippen molar-refractivity contribution in [2.24, 2.45) is 11.8 Å². The molecular formula is C18H27NO4. The van der Waals surface area contributed by atoms with Crippen LogP contribution in [0.5, 0.6) is 0 Å². The highest BCUT2D eigenvalue weighted by molar-refractivity contribution is 5.94. The molecular weight excluding hydrogens is 294 g/mol. The predicted octanol–water partition coefficient (Wildman–Crippen LogP) is 3.09. The fourth-order valence-corrected chi connectivity index (χ4v) is 2.17. The van der Waals surface area contributed by atoms with Crippen LogP contribution >= 0.6 is 0 Å². The van der Waals surface area contributed by atoms with Crippen LogP contribution in [0.2, 0.25) is 0 Å². The average Bonchev–Trinajstić information content (AvgIpc) is 2.49. The van der Waals surface area contributed by atoms with Gasteiger partial charge in [-0.2, -0.15) is 0 Å². The lowest BCUT2D eigenvalue weighted by molar-refractivity contribution is -0.142. The highest BCUT2D eigenvalue weighted by Gasteiger charge is 2.19. The van der Waals surface area contributed by atoms with E-state index in [0.717, 1.165) is 5.56 Å². The van der Waals surface area contributed by atoms with Crippen molar-refractivity contribution in [2.75, 3.05) is 6.54 Å². The van der Waals surface area contributed by atoms with Gasteiger partial charge in [0.25, 0.3) is 5.91 Å². The van der Waals surface area contributed by atoms with E-state index in [-0.39, 0.29) is 24.5 Å². The molecule has 23 heavy (non-hydrogen) atoms. The van der Waals surface area contributed by atoms with E-state index in [1.165, 1.54) is 0 Å². The van der Waals surface area contributed by atoms with Crippen LogP contribution in [0.25, 0.3) is 0 Å². The van der Waals surface area contributed by atoms with Gasteiger partial charge >= 0.3 is 5.97 Å². The van der Waals surface area contributed by atoms with Crippen LogP contribution in [0, 0.1) is 11.8 Å². The zero-order valence-corrected chi connectivity index (χ0v) is 14.3. The van der Waals surface area contributed by atoms with E-state index < -0.39 is 11.9 Å². The van der Waals surface area contributed by atoms with Gasteiger partial charge in [-0.1, -0.05) is 26.0 Å². The Bertz CT molecular complexity index is 508. The van der Waals surface area contributed by atoms with E-state index in [1.807, 2.05) is 39.8 Å². The lowest BCUT2D eigenvalue weighted by atomic mass is 9.97. The molecule has 5 nitrogen and oxygen atoms in total. The molecule has 0 bridgehead atoms. The summed E-state index contributed by atoms with van der Waals surface area (Å²) < 4.78 is 5.50. The second-order valence-corrected chi connectivity index (χ2v) is 6.43. The molecule has 5 heteroatoms. The second kappa shape index (κ2) is 9.30. The number of rotatable bonds is 9. The number of carbonyl (C=O) groups is 2. The zero-order valence-electron chi connectivity index (χ0n) is 14.3. The van der Waals surface area contributed by atoms with Crippen LogP contribution < -0.4 is 5.32 Å². The molecule has 2 N–H and O–H groups in total. The molecule has 0 heterocycles. The number of carboxylic acid groups (broad SMARTS) is 1. The lowest BCUT2D eigenvalue weighted by Crippen LogP contribution is -2.33. The number of amides is 1. The Balaban J connectivity index is 2.55. The van der Waals surface area contributed by atoms with Gasteiger partial charge in [0.1, 0.15) is 0 Å². The van der Waals surface area contributed by atoms with Crippen molar-refractivity contribution in [3.05, 3.63) is 35.4 Å². The first-order valence-corrected chi connectivity index (χ1v) is 8.01. The van der Waals surface area contributed by atoms with Crippen LogP contribution in [0.4, 0.5) is 0 Å². The Kier molecular flexibility index (Phi) is 7.75. The number of carbonyl (C=O) groups excluding carboxylic acids is 1. The molecule has 1 unspecified atom stereocenters. The SMILES string of the molecule is CC(C)CC(CNC(=O)c1ccc(COC(C)C)cc1)C(=O)O. The summed E-state index contributed by atoms with van der Waals surface area (Å²) in [6.45, 7) is 8.53. The smallest absolute Gasteiger partial charge is 0.308 e. The third-order valence-corrected chi connectivity index (χ3v) is 3.41. The number of benzene rings is 1. The topological polar surface area (TPSA) is 75.6 Å². The molecule has 0 aliphatic heterocycles. The van der Waals surface area contributed by atoms with Gasteiger partial charge in [-0.25, -0.2) is 0 Å². The van der Waals surface area contributed by atoms with Gasteiger partial charge in [0.05, 0.1) is 18.6 Å². The summed E-state index contributed by atoms with van der Waals surface area (Å²) in [6.07, 6.45) is 0.702. The minimum absolute atomic E-state index is 0.143. The second-order valence-electron chi connectivity index (χ2n) is 6.43. The molecule has 1 rings (SSSR count). The van der Waals surface area contributed by atoms with Crippen molar-refractivity contribution in [3.8, 4) is 0 Å². The molecule has 0 aliphatic carbocycles. The first-order valence-electron chi connectivity index (χ1n) is 8.01. The van der Waals surface area contributed by atoms with Crippen LogP contribution in [0.1, 0.15) is 50.0 Å². The summed E-state index contributed by atoms with van der Waals surface area (Å²) in [4.78, 5) is 23.3. The molecule has 0 saturated heterocycles. The van der Waals surface area contributed by atoms with E-state index in [2.05, 4.69) is 5.32 Å². The predicted molar refractivity (Wildman–Crippen MR) is 89.3 cm³/mol. The van der Waals surface area contributed by atoms with Gasteiger partial charge in [-0.15, -0.1) is 0 Å². The first kappa shape index (κ1) is 19.2. The molecule has 1 aromatic rings. The maximum absolute atomic E-state index is 12.1. The summed E-state index contributed by atoms with van der Waals surface area (Å²) in [6, 6.07) is 7.15. The third kappa shape index (κ3) is 7.28. The minimum atomic E-state index is -0.875. The molecule has 1 amide bonds. The summed E-state index contributed by atoms with van der Waals surface area (Å²) in [7, 11) is 0. The van der Waals surface area contributed by atoms with Crippen molar-refractivity contribution in [1.82, 2.24) is 5.32 Å². The summed E-state index contributed by atoms with van der Waals surface area (Å²) in [5, 5.41) is 11.9. The standard InChI is InChI=1S/C18H27NO4/c1-12(2)9-16(18(21)22)10-19-17(20)15-7-5-14(6-8-15)11-23-13(3)4/h5-8,12-13,16H,9-11H2,1-4H3,(H,19,20)(H,21,22). The van der Waals surface area contributed by atoms with Crippen molar-refractivity contribution in [1.29, 1.82) is 0 Å². The van der Waals surface area contributed by atoms with Crippen molar-refractivity contribution >= 4 is 11.9 Å². The molecule has 0 aliphatic rings. The molecule has 0 aromatic heterocycles. The minimum Gasteiger partial charge on any atom is -0.481 e. The fraction of sp³-hybridized carbons (Fsp3) is 0.556. The molecule has 1 atom stereocenters. The van der Waals surface area contributed by atoms with E-state index in [9.17, 15) is 14.7 Å². The first-order chi connectivity index (χ1) is 10.8. The Morgan fingerprint density at radius 1 is 1.13 bits per heavy atom. The van der Waals surface area contributed by atoms with E-state index in [4.69, 9.17) is 4.74 Å². The number of carboxylic acids is 1. The largest absolute Gasteiger partial charge is 0.481 e. The van der Waals surface area contributed by atoms with Crippen LogP contribution in [-0.4, -0.2) is 29.6 Å². The highest BCUT2D eigenvalue weighted by Crippen LogP contribution is 2.12. The van der Waals surface area contributed by atoms with Gasteiger partial charge in [0.15, 0.2) is 0 Å². The molecule has 0 spiro atoms. The van der Waals surface area contributed by atoms with E-state index in [1.54, 1.807) is 12.1 Å². The number of hydrogen-bond acceptors (Lipinski definition) is 3. The van der Waals surface area contributed by atoms with Crippen LogP contribution in [-0.2, 0) is 16.1 Å². The molecule has 0 saturated carbocycles. The average molecular weight is 321 g/mol. The summed E-state index contributed by atoms with van der Waals surface area (Å²) in [5.41, 5.74) is 1.52. The van der Waals surface area contributed by atoms with Crippen molar-refractivity contribution in [3.63, 3.8) is 0 Å². The molecule has 0 radical (unpaired) electrons. The highest BCUT2D eigenvalue weighted by atomic mass is 16.5. The van der Waals surface area contributed by atoms with Crippen LogP contribution in [0.15, 0.2) is 24.3 Å². The Labute approximate surface area is 138 Å². The molecule has 1 aromatic carbocycles. The Morgan fingerprint density at radius 2 is 1.74 bits per heavy atom. The summed E-state index contributed by atoms with van der Waals surface area (Å²) in [5.74, 6) is -1.41. The number of nitrogens with one attached hydrogen (secondary N) is 1. The number of hydrogen-bond donors (Lipinski definition) is 2. The molecule has 128 valence electrons. The van der Waals surface area contributed by atoms with Gasteiger partial charge < -0.3 is 15.2 Å². The maximum atomic E-state index is 12.1. The van der Waals surface area contributed by atoms with Gasteiger partial charge in [-0.05, 0) is 43.9 Å². The van der Waals surface area contributed by atoms with Gasteiger partial charge in [0, 0.05) is 12.1 Å². The normalized spacial score (nSPS) is 12.4. The number of aliphatic carboxylic acids is 1. The quantitative estimate of drug-likeness (QED) is 0.733. The van der Waals surface area contributed by atoms with E-state index >= 15 is 0 Å². The van der Waals surface area contributed by atoms with Crippen LogP contribution in [0.3, 0.4) is 0 Å². The Morgan fingerprint density at radius 3 is 2.22 bits per heavy atom. The zero-order chi connectivity index (χ0) is 17.4. The monoisotopic (exact) mass is 321 g/mol. The van der Waals surface area contributed by atoms with Gasteiger partial charge in [-0.3, -0.25) is 9.59 Å². The number of ether oxygens (including phenoxy) is 1. The van der Waals surface area contributed by atoms with E-state index in [0.29, 0.717) is 18.6 Å². The fourth-order valence-electron chi connectivity index (χ4n) is 2.17. The summed E-state index contributed by atoms with van der Waals surface area (Å²) >= 11 is 0. The Hall–Kier alpha value is -1.88. The molecule has 0 fully saturated rings. The van der Waals surface area contributed by atoms with Crippen molar-refractivity contribution < 1.29 is 19.4 Å².